The Kier molecular flexibility index (Phi) is 5.44. The summed E-state index contributed by atoms with van der Waals surface area (Å²) in [5.74, 6) is -0.531. The van der Waals surface area contributed by atoms with Crippen molar-refractivity contribution in [2.45, 2.75) is 33.3 Å². The monoisotopic (exact) mass is 339 g/mol. The normalized spacial score (nSPS) is 10.9. The van der Waals surface area contributed by atoms with E-state index in [-0.39, 0.29) is 5.69 Å². The molecule has 0 amide bonds. The number of aromatic nitrogens is 3. The molecule has 0 saturated heterocycles. The molecule has 130 valence electrons. The molecule has 0 aliphatic rings. The van der Waals surface area contributed by atoms with E-state index < -0.39 is 11.6 Å². The van der Waals surface area contributed by atoms with Crippen molar-refractivity contribution in [3.05, 3.63) is 65.4 Å². The number of hydrogen-bond donors (Lipinski definition) is 2. The van der Waals surface area contributed by atoms with Crippen molar-refractivity contribution in [2.75, 3.05) is 0 Å². The zero-order chi connectivity index (χ0) is 18.6. The third-order valence-corrected chi connectivity index (χ3v) is 3.39. The summed E-state index contributed by atoms with van der Waals surface area (Å²) < 4.78 is 0. The van der Waals surface area contributed by atoms with E-state index in [0.29, 0.717) is 5.82 Å². The van der Waals surface area contributed by atoms with E-state index in [1.165, 1.54) is 6.07 Å². The van der Waals surface area contributed by atoms with Crippen LogP contribution in [0.15, 0.2) is 42.7 Å². The molecule has 0 aliphatic heterocycles. The minimum Gasteiger partial charge on any atom is -0.477 e. The highest BCUT2D eigenvalue weighted by molar-refractivity contribution is 5.89. The molecular formula is C19H21N3O3. The lowest BCUT2D eigenvalue weighted by molar-refractivity contribution is 0.0681. The molecule has 2 heterocycles. The van der Waals surface area contributed by atoms with Crippen molar-refractivity contribution in [2.24, 2.45) is 0 Å². The Hall–Kier alpha value is -2.86. The second kappa shape index (κ2) is 7.36. The van der Waals surface area contributed by atoms with E-state index in [1.54, 1.807) is 32.3 Å². The Balaban J connectivity index is 0.000000186. The number of fused-ring (bicyclic) bond motifs is 1. The van der Waals surface area contributed by atoms with E-state index in [4.69, 9.17) is 5.11 Å². The Morgan fingerprint density at radius 2 is 1.60 bits per heavy atom. The van der Waals surface area contributed by atoms with Gasteiger partial charge in [0.2, 0.25) is 0 Å². The fourth-order valence-electron chi connectivity index (χ4n) is 2.05. The van der Waals surface area contributed by atoms with E-state index in [0.717, 1.165) is 22.0 Å². The highest BCUT2D eigenvalue weighted by Crippen LogP contribution is 2.14. The molecule has 25 heavy (non-hydrogen) atoms. The van der Waals surface area contributed by atoms with Crippen LogP contribution >= 0.6 is 0 Å². The summed E-state index contributed by atoms with van der Waals surface area (Å²) in [5, 5.41) is 19.2. The summed E-state index contributed by atoms with van der Waals surface area (Å²) in [6.07, 6.45) is 3.39. The Bertz CT molecular complexity index is 885. The summed E-state index contributed by atoms with van der Waals surface area (Å²) in [5.41, 5.74) is 1.95. The fraction of sp³-hybridized carbons (Fsp3) is 0.263. The van der Waals surface area contributed by atoms with Gasteiger partial charge in [-0.1, -0.05) is 18.2 Å². The number of rotatable bonds is 2. The van der Waals surface area contributed by atoms with Gasteiger partial charge in [0.1, 0.15) is 11.3 Å². The van der Waals surface area contributed by atoms with Crippen molar-refractivity contribution in [1.82, 2.24) is 15.0 Å². The van der Waals surface area contributed by atoms with E-state index in [1.807, 2.05) is 32.0 Å². The topological polar surface area (TPSA) is 96.2 Å². The number of aromatic carboxylic acids is 1. The summed E-state index contributed by atoms with van der Waals surface area (Å²) in [6.45, 7) is 7.19. The van der Waals surface area contributed by atoms with Crippen LogP contribution in [0.5, 0.6) is 0 Å². The third kappa shape index (κ3) is 5.06. The largest absolute Gasteiger partial charge is 0.477 e. The fourth-order valence-corrected chi connectivity index (χ4v) is 2.05. The number of nitrogens with zero attached hydrogens (tertiary/aromatic N) is 3. The minimum atomic E-state index is -0.992. The molecule has 0 radical (unpaired) electrons. The van der Waals surface area contributed by atoms with Crippen LogP contribution in [-0.2, 0) is 5.60 Å². The zero-order valence-corrected chi connectivity index (χ0v) is 14.7. The first-order valence-electron chi connectivity index (χ1n) is 7.79. The summed E-state index contributed by atoms with van der Waals surface area (Å²) in [6, 6.07) is 9.07. The maximum absolute atomic E-state index is 10.7. The van der Waals surface area contributed by atoms with Gasteiger partial charge in [-0.2, -0.15) is 0 Å². The van der Waals surface area contributed by atoms with Gasteiger partial charge < -0.3 is 10.2 Å². The number of aliphatic hydroxyl groups is 1. The lowest BCUT2D eigenvalue weighted by Crippen LogP contribution is -2.19. The number of carboxylic acid groups (broad SMARTS) is 1. The van der Waals surface area contributed by atoms with Gasteiger partial charge in [0, 0.05) is 17.8 Å². The first-order valence-corrected chi connectivity index (χ1v) is 7.79. The van der Waals surface area contributed by atoms with Crippen molar-refractivity contribution >= 4 is 16.9 Å². The first kappa shape index (κ1) is 18.5. The number of hydrogen-bond acceptors (Lipinski definition) is 5. The van der Waals surface area contributed by atoms with Gasteiger partial charge in [0.25, 0.3) is 0 Å². The molecule has 0 bridgehead atoms. The van der Waals surface area contributed by atoms with Crippen LogP contribution in [0.4, 0.5) is 0 Å². The van der Waals surface area contributed by atoms with Gasteiger partial charge in [0.05, 0.1) is 5.52 Å². The van der Waals surface area contributed by atoms with E-state index in [9.17, 15) is 9.90 Å². The Morgan fingerprint density at radius 3 is 2.16 bits per heavy atom. The predicted octanol–water partition coefficient (Wildman–Crippen LogP) is 3.25. The van der Waals surface area contributed by atoms with Crippen molar-refractivity contribution in [3.63, 3.8) is 0 Å². The van der Waals surface area contributed by atoms with Gasteiger partial charge in [-0.3, -0.25) is 0 Å². The van der Waals surface area contributed by atoms with Crippen molar-refractivity contribution < 1.29 is 15.0 Å². The van der Waals surface area contributed by atoms with Gasteiger partial charge in [0.15, 0.2) is 5.82 Å². The van der Waals surface area contributed by atoms with Crippen LogP contribution in [0.25, 0.3) is 10.9 Å². The number of pyridine rings is 1. The highest BCUT2D eigenvalue weighted by Gasteiger charge is 2.18. The first-order chi connectivity index (χ1) is 11.7. The molecule has 0 saturated carbocycles. The quantitative estimate of drug-likeness (QED) is 0.744. The molecule has 0 aliphatic carbocycles. The second-order valence-electron chi connectivity index (χ2n) is 6.34. The van der Waals surface area contributed by atoms with Crippen LogP contribution in [0.2, 0.25) is 0 Å². The number of carbonyl (C=O) groups is 1. The molecule has 6 nitrogen and oxygen atoms in total. The molecule has 2 aromatic heterocycles. The lowest BCUT2D eigenvalue weighted by Gasteiger charge is -2.14. The number of benzene rings is 1. The average molecular weight is 339 g/mol. The molecule has 3 aromatic rings. The smallest absolute Gasteiger partial charge is 0.354 e. The Morgan fingerprint density at radius 1 is 1.00 bits per heavy atom. The van der Waals surface area contributed by atoms with Gasteiger partial charge >= 0.3 is 5.97 Å². The SMILES string of the molecule is Cc1ccc2ccc(C(=O)O)nc2c1.Cc1cnc(C(C)(C)O)nc1. The highest BCUT2D eigenvalue weighted by atomic mass is 16.4. The predicted molar refractivity (Wildman–Crippen MR) is 95.5 cm³/mol. The molecule has 0 fully saturated rings. The standard InChI is InChI=1S/C11H9NO2.C8H12N2O/c1-7-2-3-8-4-5-9(11(13)14)12-10(8)6-7;1-6-4-9-7(10-5-6)8(2,3)11/h2-6H,1H3,(H,13,14);4-5,11H,1-3H3. The zero-order valence-electron chi connectivity index (χ0n) is 14.7. The van der Waals surface area contributed by atoms with Gasteiger partial charge in [-0.25, -0.2) is 19.7 Å². The third-order valence-electron chi connectivity index (χ3n) is 3.39. The maximum atomic E-state index is 10.7. The molecule has 0 spiro atoms. The molecule has 0 unspecified atom stereocenters. The number of carboxylic acids is 1. The second-order valence-corrected chi connectivity index (χ2v) is 6.34. The summed E-state index contributed by atoms with van der Waals surface area (Å²) in [4.78, 5) is 22.7. The molecular weight excluding hydrogens is 318 g/mol. The van der Waals surface area contributed by atoms with Crippen LogP contribution in [0.1, 0.15) is 41.3 Å². The molecule has 3 rings (SSSR count). The number of aryl methyl sites for hydroxylation is 2. The van der Waals surface area contributed by atoms with Crippen LogP contribution in [0, 0.1) is 13.8 Å². The van der Waals surface area contributed by atoms with Gasteiger partial charge in [-0.15, -0.1) is 0 Å². The van der Waals surface area contributed by atoms with Gasteiger partial charge in [-0.05, 0) is 51.0 Å². The molecule has 0 atom stereocenters. The summed E-state index contributed by atoms with van der Waals surface area (Å²) >= 11 is 0. The molecule has 6 heteroatoms. The van der Waals surface area contributed by atoms with Crippen LogP contribution in [0.3, 0.4) is 0 Å². The maximum Gasteiger partial charge on any atom is 0.354 e. The molecule has 2 N–H and O–H groups in total. The van der Waals surface area contributed by atoms with Crippen LogP contribution in [-0.4, -0.2) is 31.1 Å². The summed E-state index contributed by atoms with van der Waals surface area (Å²) in [7, 11) is 0. The van der Waals surface area contributed by atoms with Crippen LogP contribution < -0.4 is 0 Å². The lowest BCUT2D eigenvalue weighted by atomic mass is 10.1. The van der Waals surface area contributed by atoms with E-state index >= 15 is 0 Å². The van der Waals surface area contributed by atoms with E-state index in [2.05, 4.69) is 15.0 Å². The Labute approximate surface area is 146 Å². The van der Waals surface area contributed by atoms with Crippen molar-refractivity contribution in [3.8, 4) is 0 Å². The average Bonchev–Trinajstić information content (AvgIpc) is 2.54. The molecule has 1 aromatic carbocycles. The minimum absolute atomic E-state index is 0.0862. The van der Waals surface area contributed by atoms with Crippen molar-refractivity contribution in [1.29, 1.82) is 0 Å².